The lowest BCUT2D eigenvalue weighted by molar-refractivity contribution is -0.274. The highest BCUT2D eigenvalue weighted by molar-refractivity contribution is 5.94. The summed E-state index contributed by atoms with van der Waals surface area (Å²) < 4.78 is 52.1. The van der Waals surface area contributed by atoms with E-state index in [0.717, 1.165) is 0 Å². The second-order valence-electron chi connectivity index (χ2n) is 2.79. The van der Waals surface area contributed by atoms with E-state index in [1.54, 1.807) is 0 Å². The zero-order valence-corrected chi connectivity index (χ0v) is 7.64. The molecule has 88 valence electrons. The lowest BCUT2D eigenvalue weighted by Gasteiger charge is -2.11. The molecule has 16 heavy (non-hydrogen) atoms. The molecule has 0 aliphatic heterocycles. The van der Waals surface area contributed by atoms with Gasteiger partial charge < -0.3 is 16.2 Å². The summed E-state index contributed by atoms with van der Waals surface area (Å²) in [7, 11) is 0. The van der Waals surface area contributed by atoms with Crippen LogP contribution in [0.3, 0.4) is 0 Å². The molecule has 0 aliphatic carbocycles. The summed E-state index contributed by atoms with van der Waals surface area (Å²) in [5.74, 6) is -3.22. The Kier molecular flexibility index (Phi) is 2.92. The number of carbonyl (C=O) groups excluding carboxylic acids is 1. The molecular weight excluding hydrogens is 232 g/mol. The molecule has 1 aromatic carbocycles. The van der Waals surface area contributed by atoms with Crippen molar-refractivity contribution < 1.29 is 27.1 Å². The lowest BCUT2D eigenvalue weighted by atomic mass is 10.1. The number of alkyl halides is 3. The van der Waals surface area contributed by atoms with E-state index in [4.69, 9.17) is 11.5 Å². The predicted molar refractivity (Wildman–Crippen MR) is 46.0 cm³/mol. The third kappa shape index (κ3) is 2.75. The number of amides is 1. The molecule has 0 aromatic heterocycles. The number of anilines is 1. The van der Waals surface area contributed by atoms with Crippen molar-refractivity contribution in [3.05, 3.63) is 23.5 Å². The van der Waals surface area contributed by atoms with Crippen LogP contribution >= 0.6 is 0 Å². The van der Waals surface area contributed by atoms with E-state index < -0.39 is 35.1 Å². The maximum absolute atomic E-state index is 13.1. The summed E-state index contributed by atoms with van der Waals surface area (Å²) in [5, 5.41) is 0. The van der Waals surface area contributed by atoms with Gasteiger partial charge >= 0.3 is 6.36 Å². The number of nitrogen functional groups attached to an aromatic ring is 1. The van der Waals surface area contributed by atoms with Gasteiger partial charge in [-0.25, -0.2) is 4.39 Å². The van der Waals surface area contributed by atoms with Gasteiger partial charge in [0.15, 0.2) is 5.82 Å². The predicted octanol–water partition coefficient (Wildman–Crippen LogP) is 1.41. The third-order valence-corrected chi connectivity index (χ3v) is 1.57. The largest absolute Gasteiger partial charge is 0.573 e. The Hall–Kier alpha value is -1.99. The summed E-state index contributed by atoms with van der Waals surface area (Å²) in [6, 6.07) is 1.14. The van der Waals surface area contributed by atoms with Crippen molar-refractivity contribution in [3.8, 4) is 5.75 Å². The van der Waals surface area contributed by atoms with Crippen molar-refractivity contribution >= 4 is 11.6 Å². The Bertz CT molecular complexity index is 431. The molecule has 0 radical (unpaired) electrons. The van der Waals surface area contributed by atoms with Crippen LogP contribution in [0.25, 0.3) is 0 Å². The smallest absolute Gasteiger partial charge is 0.406 e. The number of hydrogen-bond acceptors (Lipinski definition) is 3. The average Bonchev–Trinajstić information content (AvgIpc) is 2.07. The van der Waals surface area contributed by atoms with Crippen molar-refractivity contribution in [2.24, 2.45) is 5.73 Å². The minimum absolute atomic E-state index is 0.529. The first kappa shape index (κ1) is 12.1. The number of halogens is 4. The second kappa shape index (κ2) is 3.87. The number of primary amides is 1. The van der Waals surface area contributed by atoms with Crippen molar-refractivity contribution in [1.29, 1.82) is 0 Å². The van der Waals surface area contributed by atoms with Gasteiger partial charge in [0.25, 0.3) is 5.91 Å². The first-order chi connectivity index (χ1) is 7.20. The van der Waals surface area contributed by atoms with Crippen LogP contribution in [0, 0.1) is 5.82 Å². The van der Waals surface area contributed by atoms with Crippen molar-refractivity contribution in [2.75, 3.05) is 5.73 Å². The van der Waals surface area contributed by atoms with E-state index in [0.29, 0.717) is 12.1 Å². The highest BCUT2D eigenvalue weighted by Gasteiger charge is 2.32. The number of nitrogens with two attached hydrogens (primary N) is 2. The average molecular weight is 238 g/mol. The molecule has 1 aromatic rings. The summed E-state index contributed by atoms with van der Waals surface area (Å²) in [6.07, 6.45) is -4.96. The van der Waals surface area contributed by atoms with Gasteiger partial charge in [0.05, 0.1) is 11.3 Å². The Morgan fingerprint density at radius 1 is 1.31 bits per heavy atom. The molecule has 0 saturated carbocycles. The Balaban J connectivity index is 3.19. The van der Waals surface area contributed by atoms with Crippen molar-refractivity contribution in [3.63, 3.8) is 0 Å². The zero-order chi connectivity index (χ0) is 12.5. The third-order valence-electron chi connectivity index (χ3n) is 1.57. The molecule has 0 atom stereocenters. The van der Waals surface area contributed by atoms with Gasteiger partial charge in [0.2, 0.25) is 0 Å². The molecule has 1 amide bonds. The van der Waals surface area contributed by atoms with E-state index in [1.165, 1.54) is 0 Å². The normalized spacial score (nSPS) is 11.2. The van der Waals surface area contributed by atoms with Gasteiger partial charge in [-0.15, -0.1) is 13.2 Å². The molecule has 4 N–H and O–H groups in total. The van der Waals surface area contributed by atoms with Crippen LogP contribution in [0.15, 0.2) is 12.1 Å². The summed E-state index contributed by atoms with van der Waals surface area (Å²) in [4.78, 5) is 10.7. The number of benzene rings is 1. The van der Waals surface area contributed by atoms with Crippen LogP contribution in [0.2, 0.25) is 0 Å². The maximum Gasteiger partial charge on any atom is 0.573 e. The Morgan fingerprint density at radius 2 is 1.88 bits per heavy atom. The van der Waals surface area contributed by atoms with Crippen LogP contribution in [-0.2, 0) is 0 Å². The Morgan fingerprint density at radius 3 is 2.31 bits per heavy atom. The van der Waals surface area contributed by atoms with E-state index in [9.17, 15) is 22.4 Å². The summed E-state index contributed by atoms with van der Waals surface area (Å²) >= 11 is 0. The van der Waals surface area contributed by atoms with E-state index >= 15 is 0 Å². The van der Waals surface area contributed by atoms with Crippen LogP contribution in [0.1, 0.15) is 10.4 Å². The van der Waals surface area contributed by atoms with Crippen molar-refractivity contribution in [1.82, 2.24) is 0 Å². The van der Waals surface area contributed by atoms with E-state index in [2.05, 4.69) is 4.74 Å². The zero-order valence-electron chi connectivity index (χ0n) is 7.64. The van der Waals surface area contributed by atoms with Gasteiger partial charge in [-0.2, -0.15) is 0 Å². The summed E-state index contributed by atoms with van der Waals surface area (Å²) in [6.45, 7) is 0. The molecule has 0 bridgehead atoms. The van der Waals surface area contributed by atoms with Crippen LogP contribution in [0.5, 0.6) is 5.75 Å². The van der Waals surface area contributed by atoms with Gasteiger partial charge in [-0.3, -0.25) is 4.79 Å². The minimum atomic E-state index is -4.96. The topological polar surface area (TPSA) is 78.3 Å². The van der Waals surface area contributed by atoms with Gasteiger partial charge in [-0.05, 0) is 6.07 Å². The quantitative estimate of drug-likeness (QED) is 0.603. The number of ether oxygens (including phenoxy) is 1. The number of carbonyl (C=O) groups is 1. The first-order valence-corrected chi connectivity index (χ1v) is 3.85. The SMILES string of the molecule is NC(=O)c1cc(OC(F)(F)F)cc(N)c1F. The van der Waals surface area contributed by atoms with Crippen LogP contribution < -0.4 is 16.2 Å². The molecule has 0 fully saturated rings. The van der Waals surface area contributed by atoms with E-state index in [1.807, 2.05) is 0 Å². The maximum atomic E-state index is 13.1. The molecule has 0 saturated heterocycles. The second-order valence-corrected chi connectivity index (χ2v) is 2.79. The molecule has 1 rings (SSSR count). The van der Waals surface area contributed by atoms with Crippen molar-refractivity contribution in [2.45, 2.75) is 6.36 Å². The van der Waals surface area contributed by atoms with Crippen LogP contribution in [0.4, 0.5) is 23.2 Å². The van der Waals surface area contributed by atoms with Gasteiger partial charge in [0, 0.05) is 6.07 Å². The fraction of sp³-hybridized carbons (Fsp3) is 0.125. The fourth-order valence-corrected chi connectivity index (χ4v) is 0.991. The standard InChI is InChI=1S/C8H6F4N2O2/c9-6-4(7(14)15)1-3(2-5(6)13)16-8(10,11)12/h1-2H,13H2,(H2,14,15). The molecule has 0 heterocycles. The van der Waals surface area contributed by atoms with Crippen LogP contribution in [-0.4, -0.2) is 12.3 Å². The molecule has 4 nitrogen and oxygen atoms in total. The number of hydrogen-bond donors (Lipinski definition) is 2. The van der Waals surface area contributed by atoms with E-state index in [-0.39, 0.29) is 0 Å². The molecule has 8 heteroatoms. The molecule has 0 spiro atoms. The highest BCUT2D eigenvalue weighted by atomic mass is 19.4. The summed E-state index contributed by atoms with van der Waals surface area (Å²) in [5.41, 5.74) is 8.37. The minimum Gasteiger partial charge on any atom is -0.406 e. The fourth-order valence-electron chi connectivity index (χ4n) is 0.991. The monoisotopic (exact) mass is 238 g/mol. The molecule has 0 aliphatic rings. The first-order valence-electron chi connectivity index (χ1n) is 3.85. The molecule has 0 unspecified atom stereocenters. The molecular formula is C8H6F4N2O2. The van der Waals surface area contributed by atoms with Gasteiger partial charge in [0.1, 0.15) is 5.75 Å². The Labute approximate surface area is 86.8 Å². The highest BCUT2D eigenvalue weighted by Crippen LogP contribution is 2.28. The number of rotatable bonds is 2. The lowest BCUT2D eigenvalue weighted by Crippen LogP contribution is -2.19. The van der Waals surface area contributed by atoms with Gasteiger partial charge in [-0.1, -0.05) is 0 Å².